The van der Waals surface area contributed by atoms with Crippen LogP contribution in [-0.4, -0.2) is 42.7 Å². The second kappa shape index (κ2) is 9.00. The summed E-state index contributed by atoms with van der Waals surface area (Å²) in [6.45, 7) is 5.44. The fourth-order valence-electron chi connectivity index (χ4n) is 3.11. The topological polar surface area (TPSA) is 103 Å². The zero-order valence-corrected chi connectivity index (χ0v) is 18.2. The number of H-pyrrole nitrogens is 1. The number of hydrogen-bond acceptors (Lipinski definition) is 7. The van der Waals surface area contributed by atoms with Crippen LogP contribution >= 0.6 is 11.3 Å². The molecule has 0 bridgehead atoms. The van der Waals surface area contributed by atoms with Gasteiger partial charge in [0.1, 0.15) is 17.2 Å². The molecule has 0 radical (unpaired) electrons. The second-order valence-corrected chi connectivity index (χ2v) is 7.26. The number of aromatic nitrogens is 2. The summed E-state index contributed by atoms with van der Waals surface area (Å²) in [5, 5.41) is 5.04. The van der Waals surface area contributed by atoms with Crippen LogP contribution in [0.1, 0.15) is 39.0 Å². The molecule has 1 aromatic carbocycles. The highest BCUT2D eigenvalue weighted by atomic mass is 32.1. The fourth-order valence-corrected chi connectivity index (χ4v) is 3.82. The molecule has 0 spiro atoms. The molecule has 8 nitrogen and oxygen atoms in total. The monoisotopic (exact) mass is 429 g/mol. The molecule has 0 fully saturated rings. The van der Waals surface area contributed by atoms with Gasteiger partial charge < -0.3 is 19.2 Å². The number of aryl methyl sites for hydroxylation is 1. The summed E-state index contributed by atoms with van der Waals surface area (Å²) >= 11 is 1.29. The first-order valence-electron chi connectivity index (χ1n) is 9.25. The van der Waals surface area contributed by atoms with Crippen molar-refractivity contribution in [2.45, 2.75) is 20.8 Å². The van der Waals surface area contributed by atoms with Crippen molar-refractivity contribution in [2.24, 2.45) is 0 Å². The van der Waals surface area contributed by atoms with Crippen molar-refractivity contribution in [2.75, 3.05) is 26.1 Å². The van der Waals surface area contributed by atoms with Crippen molar-refractivity contribution < 1.29 is 23.8 Å². The molecule has 30 heavy (non-hydrogen) atoms. The number of thiazole rings is 1. The number of carbonyl (C=O) groups excluding carboxylic acids is 2. The maximum atomic E-state index is 12.8. The van der Waals surface area contributed by atoms with Crippen molar-refractivity contribution in [3.8, 4) is 22.8 Å². The van der Waals surface area contributed by atoms with E-state index in [9.17, 15) is 9.59 Å². The Bertz CT molecular complexity index is 1090. The summed E-state index contributed by atoms with van der Waals surface area (Å²) in [6.07, 6.45) is 0. The number of methoxy groups -OCH3 is 2. The fraction of sp³-hybridized carbons (Fsp3) is 0.286. The Morgan fingerprint density at radius 3 is 2.63 bits per heavy atom. The summed E-state index contributed by atoms with van der Waals surface area (Å²) in [5.41, 5.74) is 3.25. The molecule has 9 heteroatoms. The molecule has 3 rings (SSSR count). The van der Waals surface area contributed by atoms with Gasteiger partial charge in [-0.2, -0.15) is 0 Å². The lowest BCUT2D eigenvalue weighted by atomic mass is 10.1. The summed E-state index contributed by atoms with van der Waals surface area (Å²) < 4.78 is 15.7. The number of carbonyl (C=O) groups is 2. The Labute approximate surface area is 178 Å². The predicted molar refractivity (Wildman–Crippen MR) is 115 cm³/mol. The molecule has 3 aromatic rings. The van der Waals surface area contributed by atoms with Crippen LogP contribution in [0.3, 0.4) is 0 Å². The molecule has 0 saturated heterocycles. The van der Waals surface area contributed by atoms with Crippen molar-refractivity contribution in [1.29, 1.82) is 0 Å². The second-order valence-electron chi connectivity index (χ2n) is 6.40. The minimum Gasteiger partial charge on any atom is -0.497 e. The number of aromatic amines is 1. The smallest absolute Gasteiger partial charge is 0.340 e. The van der Waals surface area contributed by atoms with E-state index in [1.54, 1.807) is 41.1 Å². The maximum Gasteiger partial charge on any atom is 0.340 e. The Balaban J connectivity index is 1.83. The van der Waals surface area contributed by atoms with Crippen LogP contribution in [0.15, 0.2) is 23.6 Å². The van der Waals surface area contributed by atoms with Crippen molar-refractivity contribution in [3.63, 3.8) is 0 Å². The van der Waals surface area contributed by atoms with E-state index in [1.165, 1.54) is 11.3 Å². The van der Waals surface area contributed by atoms with E-state index in [-0.39, 0.29) is 12.5 Å². The Morgan fingerprint density at radius 1 is 1.20 bits per heavy atom. The Hall–Kier alpha value is -3.33. The van der Waals surface area contributed by atoms with E-state index < -0.39 is 5.97 Å². The lowest BCUT2D eigenvalue weighted by Gasteiger charge is -2.08. The zero-order valence-electron chi connectivity index (χ0n) is 17.4. The van der Waals surface area contributed by atoms with Crippen LogP contribution < -0.4 is 14.8 Å². The number of rotatable bonds is 7. The lowest BCUT2D eigenvalue weighted by molar-refractivity contribution is 0.0525. The average molecular weight is 429 g/mol. The molecular formula is C21H23N3O5S. The minimum atomic E-state index is -0.453. The molecule has 158 valence electrons. The van der Waals surface area contributed by atoms with Gasteiger partial charge in [0.2, 0.25) is 0 Å². The number of anilines is 1. The summed E-state index contributed by atoms with van der Waals surface area (Å²) in [4.78, 5) is 32.4. The molecule has 0 aliphatic carbocycles. The molecule has 2 aromatic heterocycles. The largest absolute Gasteiger partial charge is 0.497 e. The van der Waals surface area contributed by atoms with Gasteiger partial charge in [-0.25, -0.2) is 9.78 Å². The molecule has 0 saturated carbocycles. The number of nitrogens with one attached hydrogen (secondary N) is 2. The number of esters is 1. The molecule has 2 N–H and O–H groups in total. The molecule has 0 aliphatic heterocycles. The van der Waals surface area contributed by atoms with Gasteiger partial charge in [0.05, 0.1) is 32.1 Å². The number of amides is 1. The third-order valence-corrected chi connectivity index (χ3v) is 5.31. The van der Waals surface area contributed by atoms with E-state index in [2.05, 4.69) is 15.3 Å². The van der Waals surface area contributed by atoms with Crippen LogP contribution in [0.5, 0.6) is 11.5 Å². The van der Waals surface area contributed by atoms with Crippen LogP contribution in [0.25, 0.3) is 11.3 Å². The predicted octanol–water partition coefficient (Wildman–Crippen LogP) is 4.20. The van der Waals surface area contributed by atoms with Gasteiger partial charge in [-0.05, 0) is 38.5 Å². The minimum absolute atomic E-state index is 0.265. The van der Waals surface area contributed by atoms with Crippen molar-refractivity contribution in [3.05, 3.63) is 46.1 Å². The molecule has 0 aliphatic rings. The van der Waals surface area contributed by atoms with Crippen molar-refractivity contribution >= 4 is 28.3 Å². The Morgan fingerprint density at radius 2 is 1.97 bits per heavy atom. The van der Waals surface area contributed by atoms with Crippen LogP contribution in [-0.2, 0) is 4.74 Å². The number of nitrogens with zero attached hydrogens (tertiary/aromatic N) is 1. The van der Waals surface area contributed by atoms with E-state index in [4.69, 9.17) is 14.2 Å². The summed E-state index contributed by atoms with van der Waals surface area (Å²) in [6, 6.07) is 5.44. The lowest BCUT2D eigenvalue weighted by Crippen LogP contribution is -2.14. The van der Waals surface area contributed by atoms with Gasteiger partial charge in [-0.15, -0.1) is 11.3 Å². The molecular weight excluding hydrogens is 406 g/mol. The summed E-state index contributed by atoms with van der Waals surface area (Å²) in [5.74, 6) is 0.460. The third kappa shape index (κ3) is 4.16. The normalized spacial score (nSPS) is 10.6. The van der Waals surface area contributed by atoms with E-state index in [0.717, 1.165) is 5.56 Å². The summed E-state index contributed by atoms with van der Waals surface area (Å²) in [7, 11) is 3.16. The van der Waals surface area contributed by atoms with E-state index in [1.807, 2.05) is 17.5 Å². The SMILES string of the molecule is CCOC(=O)c1c(C)[nH]c(C(=O)Nc2nc(-c3ccc(OC)cc3OC)cs2)c1C. The van der Waals surface area contributed by atoms with Gasteiger partial charge in [-0.1, -0.05) is 0 Å². The van der Waals surface area contributed by atoms with Gasteiger partial charge in [0, 0.05) is 22.7 Å². The molecule has 0 atom stereocenters. The van der Waals surface area contributed by atoms with Crippen LogP contribution in [0, 0.1) is 13.8 Å². The third-order valence-electron chi connectivity index (χ3n) is 4.55. The highest BCUT2D eigenvalue weighted by Crippen LogP contribution is 2.35. The van der Waals surface area contributed by atoms with E-state index in [0.29, 0.717) is 44.8 Å². The zero-order chi connectivity index (χ0) is 21.8. The molecule has 2 heterocycles. The highest BCUT2D eigenvalue weighted by molar-refractivity contribution is 7.14. The van der Waals surface area contributed by atoms with Crippen molar-refractivity contribution in [1.82, 2.24) is 9.97 Å². The van der Waals surface area contributed by atoms with Gasteiger partial charge in [-0.3, -0.25) is 10.1 Å². The molecule has 1 amide bonds. The van der Waals surface area contributed by atoms with Gasteiger partial charge in [0.15, 0.2) is 5.13 Å². The average Bonchev–Trinajstić information content (AvgIpc) is 3.31. The first-order chi connectivity index (χ1) is 14.4. The van der Waals surface area contributed by atoms with E-state index >= 15 is 0 Å². The number of ether oxygens (including phenoxy) is 3. The van der Waals surface area contributed by atoms with Crippen LogP contribution in [0.2, 0.25) is 0 Å². The standard InChI is InChI=1S/C21H23N3O5S/c1-6-29-20(26)17-11(2)18(22-12(17)3)19(25)24-21-23-15(10-30-21)14-8-7-13(27-4)9-16(14)28-5/h7-10,22H,6H2,1-5H3,(H,23,24,25). The number of hydrogen-bond donors (Lipinski definition) is 2. The van der Waals surface area contributed by atoms with Gasteiger partial charge >= 0.3 is 5.97 Å². The quantitative estimate of drug-likeness (QED) is 0.546. The van der Waals surface area contributed by atoms with Crippen LogP contribution in [0.4, 0.5) is 5.13 Å². The first-order valence-corrected chi connectivity index (χ1v) is 10.1. The number of benzene rings is 1. The maximum absolute atomic E-state index is 12.8. The van der Waals surface area contributed by atoms with Gasteiger partial charge in [0.25, 0.3) is 5.91 Å². The molecule has 0 unspecified atom stereocenters. The highest BCUT2D eigenvalue weighted by Gasteiger charge is 2.23. The first kappa shape index (κ1) is 21.4. The Kier molecular flexibility index (Phi) is 6.41.